The van der Waals surface area contributed by atoms with Crippen LogP contribution in [0.2, 0.25) is 0 Å². The van der Waals surface area contributed by atoms with Gasteiger partial charge in [0.1, 0.15) is 6.10 Å². The fourth-order valence-electron chi connectivity index (χ4n) is 3.05. The lowest BCUT2D eigenvalue weighted by Crippen LogP contribution is -2.52. The van der Waals surface area contributed by atoms with Crippen molar-refractivity contribution < 1.29 is 46.5 Å². The maximum absolute atomic E-state index is 13.9. The predicted octanol–water partition coefficient (Wildman–Crippen LogP) is 4.10. The van der Waals surface area contributed by atoms with Crippen LogP contribution in [0.4, 0.5) is 13.2 Å². The topological polar surface area (TPSA) is 88.1 Å². The first kappa shape index (κ1) is 28.2. The van der Waals surface area contributed by atoms with Crippen molar-refractivity contribution in [1.29, 1.82) is 0 Å². The summed E-state index contributed by atoms with van der Waals surface area (Å²) < 4.78 is 61.1. The first-order valence-electron chi connectivity index (χ1n) is 10.4. The molecule has 0 amide bonds. The van der Waals surface area contributed by atoms with E-state index in [1.807, 2.05) is 0 Å². The highest BCUT2D eigenvalue weighted by Gasteiger charge is 2.64. The standard InChI is InChI=1S/C23H29F3O7/c1-5-31-19(27)18(20(28)32-6-2)15-11-10-12-16(3)33-21(29)22(30-4,23(24,25)26)17-13-8-7-9-14-17/h7-10,12-14,16,18H,5-6,11,15H2,1-4H3/b12-10+/t16-,22?/m0/s1. The maximum Gasteiger partial charge on any atom is 0.432 e. The number of alkyl halides is 3. The van der Waals surface area contributed by atoms with Crippen LogP contribution in [0.25, 0.3) is 0 Å². The van der Waals surface area contributed by atoms with E-state index in [0.717, 1.165) is 19.2 Å². The predicted molar refractivity (Wildman–Crippen MR) is 112 cm³/mol. The van der Waals surface area contributed by atoms with Crippen molar-refractivity contribution in [2.24, 2.45) is 5.92 Å². The molecule has 0 fully saturated rings. The fourth-order valence-corrected chi connectivity index (χ4v) is 3.05. The van der Waals surface area contributed by atoms with Crippen molar-refractivity contribution in [3.05, 3.63) is 48.0 Å². The average molecular weight is 474 g/mol. The van der Waals surface area contributed by atoms with Crippen molar-refractivity contribution in [2.45, 2.75) is 51.5 Å². The second-order valence-electron chi connectivity index (χ2n) is 6.92. The largest absolute Gasteiger partial charge is 0.465 e. The van der Waals surface area contributed by atoms with E-state index in [1.165, 1.54) is 37.3 Å². The Bertz CT molecular complexity index is 790. The Morgan fingerprint density at radius 1 is 1.00 bits per heavy atom. The van der Waals surface area contributed by atoms with E-state index in [9.17, 15) is 27.6 Å². The summed E-state index contributed by atoms with van der Waals surface area (Å²) in [5, 5.41) is 0. The third-order valence-corrected chi connectivity index (χ3v) is 4.64. The van der Waals surface area contributed by atoms with E-state index in [2.05, 4.69) is 4.74 Å². The molecule has 33 heavy (non-hydrogen) atoms. The molecule has 0 saturated carbocycles. The highest BCUT2D eigenvalue weighted by Crippen LogP contribution is 2.43. The van der Waals surface area contributed by atoms with Crippen molar-refractivity contribution in [3.8, 4) is 0 Å². The second kappa shape index (κ2) is 13.0. The zero-order valence-electron chi connectivity index (χ0n) is 19.0. The lowest BCUT2D eigenvalue weighted by atomic mass is 9.92. The van der Waals surface area contributed by atoms with Crippen LogP contribution in [0.15, 0.2) is 42.5 Å². The molecule has 0 spiro atoms. The Morgan fingerprint density at radius 2 is 1.55 bits per heavy atom. The third-order valence-electron chi connectivity index (χ3n) is 4.64. The number of hydrogen-bond acceptors (Lipinski definition) is 7. The number of allylic oxidation sites excluding steroid dienone is 1. The molecule has 0 aliphatic rings. The lowest BCUT2D eigenvalue weighted by Gasteiger charge is -2.33. The summed E-state index contributed by atoms with van der Waals surface area (Å²) >= 11 is 0. The average Bonchev–Trinajstić information content (AvgIpc) is 2.74. The second-order valence-corrected chi connectivity index (χ2v) is 6.92. The first-order valence-corrected chi connectivity index (χ1v) is 10.4. The van der Waals surface area contributed by atoms with Gasteiger partial charge >= 0.3 is 24.1 Å². The van der Waals surface area contributed by atoms with Crippen LogP contribution in [-0.2, 0) is 38.9 Å². The Kier molecular flexibility index (Phi) is 11.1. The molecule has 1 aromatic rings. The van der Waals surface area contributed by atoms with Crippen LogP contribution < -0.4 is 0 Å². The molecule has 7 nitrogen and oxygen atoms in total. The van der Waals surface area contributed by atoms with Gasteiger partial charge < -0.3 is 18.9 Å². The minimum absolute atomic E-state index is 0.0589. The summed E-state index contributed by atoms with van der Waals surface area (Å²) in [7, 11) is 0.785. The molecule has 1 aromatic carbocycles. The number of halogens is 3. The number of hydrogen-bond donors (Lipinski definition) is 0. The number of rotatable bonds is 12. The summed E-state index contributed by atoms with van der Waals surface area (Å²) in [4.78, 5) is 36.5. The third kappa shape index (κ3) is 7.31. The molecule has 184 valence electrons. The van der Waals surface area contributed by atoms with Crippen molar-refractivity contribution in [1.82, 2.24) is 0 Å². The van der Waals surface area contributed by atoms with Gasteiger partial charge in [-0.05, 0) is 39.7 Å². The van der Waals surface area contributed by atoms with Gasteiger partial charge in [0.15, 0.2) is 5.92 Å². The van der Waals surface area contributed by atoms with Gasteiger partial charge in [-0.2, -0.15) is 13.2 Å². The van der Waals surface area contributed by atoms with Gasteiger partial charge in [0, 0.05) is 12.7 Å². The van der Waals surface area contributed by atoms with Crippen LogP contribution in [0.1, 0.15) is 39.2 Å². The van der Waals surface area contributed by atoms with Crippen LogP contribution in [0, 0.1) is 5.92 Å². The van der Waals surface area contributed by atoms with E-state index in [4.69, 9.17) is 14.2 Å². The van der Waals surface area contributed by atoms with Gasteiger partial charge in [-0.3, -0.25) is 9.59 Å². The highest BCUT2D eigenvalue weighted by atomic mass is 19.4. The smallest absolute Gasteiger partial charge is 0.432 e. The molecule has 0 bridgehead atoms. The van der Waals surface area contributed by atoms with Crippen LogP contribution in [-0.4, -0.2) is 50.5 Å². The number of methoxy groups -OCH3 is 1. The van der Waals surface area contributed by atoms with Gasteiger partial charge in [0.05, 0.1) is 13.2 Å². The molecule has 0 heterocycles. The normalized spacial score (nSPS) is 14.5. The quantitative estimate of drug-likeness (QED) is 0.195. The van der Waals surface area contributed by atoms with E-state index >= 15 is 0 Å². The van der Waals surface area contributed by atoms with E-state index in [0.29, 0.717) is 0 Å². The summed E-state index contributed by atoms with van der Waals surface area (Å²) in [5.74, 6) is -4.18. The summed E-state index contributed by atoms with van der Waals surface area (Å²) in [6.45, 7) is 4.78. The molecule has 1 unspecified atom stereocenters. The van der Waals surface area contributed by atoms with E-state index in [1.54, 1.807) is 13.8 Å². The van der Waals surface area contributed by atoms with Gasteiger partial charge in [-0.15, -0.1) is 0 Å². The van der Waals surface area contributed by atoms with E-state index in [-0.39, 0.29) is 26.1 Å². The van der Waals surface area contributed by atoms with Gasteiger partial charge in [0.2, 0.25) is 0 Å². The van der Waals surface area contributed by atoms with Crippen LogP contribution >= 0.6 is 0 Å². The van der Waals surface area contributed by atoms with E-state index < -0.39 is 47.3 Å². The lowest BCUT2D eigenvalue weighted by molar-refractivity contribution is -0.277. The summed E-state index contributed by atoms with van der Waals surface area (Å²) in [6.07, 6.45) is -3.01. The molecule has 0 aliphatic heterocycles. The van der Waals surface area contributed by atoms with Gasteiger partial charge in [0.25, 0.3) is 5.60 Å². The highest BCUT2D eigenvalue weighted by molar-refractivity contribution is 5.94. The molecule has 0 aromatic heterocycles. The Morgan fingerprint density at radius 3 is 2.00 bits per heavy atom. The van der Waals surface area contributed by atoms with Gasteiger partial charge in [-0.25, -0.2) is 4.79 Å². The molecule has 0 N–H and O–H groups in total. The zero-order chi connectivity index (χ0) is 25.1. The molecule has 10 heteroatoms. The minimum atomic E-state index is -5.07. The maximum atomic E-state index is 13.9. The molecule has 0 aliphatic carbocycles. The Hall–Kier alpha value is -2.88. The number of carbonyl (C=O) groups excluding carboxylic acids is 3. The monoisotopic (exact) mass is 474 g/mol. The first-order chi connectivity index (χ1) is 15.5. The summed E-state index contributed by atoms with van der Waals surface area (Å²) in [5.41, 5.74) is -3.69. The Labute approximate surface area is 190 Å². The van der Waals surface area contributed by atoms with Crippen molar-refractivity contribution >= 4 is 17.9 Å². The molecular weight excluding hydrogens is 445 g/mol. The molecule has 2 atom stereocenters. The van der Waals surface area contributed by atoms with Crippen molar-refractivity contribution in [3.63, 3.8) is 0 Å². The molecule has 1 rings (SSSR count). The number of carbonyl (C=O) groups is 3. The molecule has 0 radical (unpaired) electrons. The number of ether oxygens (including phenoxy) is 4. The zero-order valence-corrected chi connectivity index (χ0v) is 19.0. The number of benzene rings is 1. The fraction of sp³-hybridized carbons (Fsp3) is 0.522. The Balaban J connectivity index is 2.88. The van der Waals surface area contributed by atoms with Crippen molar-refractivity contribution in [2.75, 3.05) is 20.3 Å². The van der Waals surface area contributed by atoms with Crippen LogP contribution in [0.3, 0.4) is 0 Å². The molecule has 0 saturated heterocycles. The van der Waals surface area contributed by atoms with Gasteiger partial charge in [-0.1, -0.05) is 36.4 Å². The molecular formula is C23H29F3O7. The SMILES string of the molecule is CCOC(=O)C(CC/C=C/[C@H](C)OC(=O)C(OC)(c1ccccc1)C(F)(F)F)C(=O)OCC. The minimum Gasteiger partial charge on any atom is -0.465 e. The van der Waals surface area contributed by atoms with Crippen LogP contribution in [0.5, 0.6) is 0 Å². The summed E-state index contributed by atoms with van der Waals surface area (Å²) in [6, 6.07) is 6.48. The number of esters is 3.